The van der Waals surface area contributed by atoms with Crippen LogP contribution < -0.4 is 0 Å². The highest BCUT2D eigenvalue weighted by Crippen LogP contribution is 2.33. The van der Waals surface area contributed by atoms with E-state index in [1.165, 1.54) is 19.3 Å². The summed E-state index contributed by atoms with van der Waals surface area (Å²) in [6.07, 6.45) is 6.19. The van der Waals surface area contributed by atoms with E-state index in [0.717, 1.165) is 39.0 Å². The molecule has 16 heavy (non-hydrogen) atoms. The Morgan fingerprint density at radius 2 is 1.69 bits per heavy atom. The van der Waals surface area contributed by atoms with E-state index in [0.29, 0.717) is 6.67 Å². The van der Waals surface area contributed by atoms with Gasteiger partial charge >= 0.3 is 0 Å². The summed E-state index contributed by atoms with van der Waals surface area (Å²) in [5, 5.41) is 0. The smallest absolute Gasteiger partial charge is 0.270 e. The number of hydrogen-bond donors (Lipinski definition) is 0. The molecule has 2 radical (unpaired) electrons. The fraction of sp³-hybridized carbons (Fsp3) is 0.846. The lowest BCUT2D eigenvalue weighted by molar-refractivity contribution is 0.0388. The van der Waals surface area contributed by atoms with Gasteiger partial charge in [0.1, 0.15) is 0 Å². The third-order valence-corrected chi connectivity index (χ3v) is 3.99. The summed E-state index contributed by atoms with van der Waals surface area (Å²) in [4.78, 5) is 8.11. The minimum absolute atomic E-state index is 0.0392. The molecule has 3 heteroatoms. The Labute approximate surface area is 99.2 Å². The molecule has 0 aromatic heterocycles. The van der Waals surface area contributed by atoms with Crippen LogP contribution in [-0.4, -0.2) is 48.2 Å². The topological polar surface area (TPSA) is 10.8 Å². The first-order chi connectivity index (χ1) is 7.74. The van der Waals surface area contributed by atoms with Gasteiger partial charge in [-0.05, 0) is 19.8 Å². The van der Waals surface area contributed by atoms with E-state index < -0.39 is 0 Å². The number of hydrogen-bond acceptors (Lipinski definition) is 2. The van der Waals surface area contributed by atoms with Crippen molar-refractivity contribution in [1.82, 2.24) is 9.80 Å². The minimum atomic E-state index is -0.0392. The quantitative estimate of drug-likeness (QED) is 0.657. The Bertz CT molecular complexity index is 255. The van der Waals surface area contributed by atoms with Crippen LogP contribution in [-0.2, 0) is 0 Å². The van der Waals surface area contributed by atoms with Gasteiger partial charge in [0, 0.05) is 31.7 Å². The van der Waals surface area contributed by atoms with E-state index in [-0.39, 0.29) is 5.54 Å². The Morgan fingerprint density at radius 1 is 1.06 bits per heavy atom. The first kappa shape index (κ1) is 11.9. The van der Waals surface area contributed by atoms with E-state index in [4.69, 9.17) is 13.5 Å². The van der Waals surface area contributed by atoms with Crippen molar-refractivity contribution < 1.29 is 0 Å². The Hall–Kier alpha value is -0.590. The van der Waals surface area contributed by atoms with Crippen molar-refractivity contribution in [2.45, 2.75) is 37.6 Å². The van der Waals surface area contributed by atoms with E-state index in [2.05, 4.69) is 14.6 Å². The predicted octanol–water partition coefficient (Wildman–Crippen LogP) is 1.89. The Kier molecular flexibility index (Phi) is 3.83. The van der Waals surface area contributed by atoms with Crippen molar-refractivity contribution >= 4 is 0 Å². The summed E-state index contributed by atoms with van der Waals surface area (Å²) in [6, 6.07) is 0. The van der Waals surface area contributed by atoms with Gasteiger partial charge in [-0.2, -0.15) is 0 Å². The molecule has 0 bridgehead atoms. The number of nitrogens with zero attached hydrogens (tertiary/aromatic N) is 3. The van der Waals surface area contributed by atoms with Crippen molar-refractivity contribution in [2.24, 2.45) is 0 Å². The largest absolute Gasteiger partial charge is 0.299 e. The maximum absolute atomic E-state index is 6.87. The van der Waals surface area contributed by atoms with E-state index in [9.17, 15) is 0 Å². The van der Waals surface area contributed by atoms with Crippen molar-refractivity contribution in [3.05, 3.63) is 18.3 Å². The highest BCUT2D eigenvalue weighted by atomic mass is 15.3. The number of piperazine rings is 1. The SMILES string of the molecule is [C-]#[N+]CN1CCN(C2([CH])CCCCC2)CC1. The summed E-state index contributed by atoms with van der Waals surface area (Å²) in [5.74, 6) is 0. The summed E-state index contributed by atoms with van der Waals surface area (Å²) in [7, 11) is 0. The van der Waals surface area contributed by atoms with Gasteiger partial charge in [-0.25, -0.2) is 11.5 Å². The van der Waals surface area contributed by atoms with E-state index >= 15 is 0 Å². The second kappa shape index (κ2) is 5.16. The zero-order valence-electron chi connectivity index (χ0n) is 9.99. The zero-order chi connectivity index (χ0) is 11.4. The van der Waals surface area contributed by atoms with Crippen LogP contribution in [0.4, 0.5) is 0 Å². The van der Waals surface area contributed by atoms with Crippen molar-refractivity contribution in [3.8, 4) is 0 Å². The Balaban J connectivity index is 1.86. The highest BCUT2D eigenvalue weighted by Gasteiger charge is 2.35. The summed E-state index contributed by atoms with van der Waals surface area (Å²) in [5.41, 5.74) is -0.0392. The second-order valence-corrected chi connectivity index (χ2v) is 5.07. The van der Waals surface area contributed by atoms with Crippen molar-refractivity contribution in [1.29, 1.82) is 0 Å². The molecule has 0 aromatic rings. The van der Waals surface area contributed by atoms with Crippen LogP contribution in [0.2, 0.25) is 0 Å². The molecule has 2 fully saturated rings. The highest BCUT2D eigenvalue weighted by molar-refractivity contribution is 4.97. The predicted molar refractivity (Wildman–Crippen MR) is 64.7 cm³/mol. The third-order valence-electron chi connectivity index (χ3n) is 3.99. The van der Waals surface area contributed by atoms with E-state index in [1.54, 1.807) is 0 Å². The second-order valence-electron chi connectivity index (χ2n) is 5.07. The lowest BCUT2D eigenvalue weighted by Gasteiger charge is -2.47. The molecular formula is C13H21N3. The molecule has 2 rings (SSSR count). The van der Waals surface area contributed by atoms with Crippen molar-refractivity contribution in [2.75, 3.05) is 32.8 Å². The molecule has 1 aliphatic carbocycles. The summed E-state index contributed by atoms with van der Waals surface area (Å²) >= 11 is 0. The average molecular weight is 219 g/mol. The molecule has 0 amide bonds. The van der Waals surface area contributed by atoms with Crippen LogP contribution in [0.15, 0.2) is 0 Å². The molecule has 0 atom stereocenters. The Morgan fingerprint density at radius 3 is 2.25 bits per heavy atom. The first-order valence-corrected chi connectivity index (χ1v) is 6.34. The normalized spacial score (nSPS) is 27.5. The molecule has 1 aliphatic heterocycles. The third kappa shape index (κ3) is 2.56. The van der Waals surface area contributed by atoms with Gasteiger partial charge in [0.25, 0.3) is 6.67 Å². The average Bonchev–Trinajstić information content (AvgIpc) is 2.31. The van der Waals surface area contributed by atoms with Crippen LogP contribution >= 0.6 is 0 Å². The molecular weight excluding hydrogens is 198 g/mol. The first-order valence-electron chi connectivity index (χ1n) is 6.34. The monoisotopic (exact) mass is 219 g/mol. The molecule has 0 spiro atoms. The lowest BCUT2D eigenvalue weighted by atomic mass is 9.81. The van der Waals surface area contributed by atoms with Crippen LogP contribution in [0.3, 0.4) is 0 Å². The van der Waals surface area contributed by atoms with Crippen LogP contribution in [0.5, 0.6) is 0 Å². The van der Waals surface area contributed by atoms with Gasteiger partial charge < -0.3 is 0 Å². The van der Waals surface area contributed by atoms with Gasteiger partial charge in [-0.1, -0.05) is 19.3 Å². The molecule has 0 unspecified atom stereocenters. The molecule has 1 saturated heterocycles. The molecule has 1 heterocycles. The molecule has 1 saturated carbocycles. The molecule has 3 nitrogen and oxygen atoms in total. The molecule has 88 valence electrons. The van der Waals surface area contributed by atoms with Gasteiger partial charge in [0.15, 0.2) is 0 Å². The summed E-state index contributed by atoms with van der Waals surface area (Å²) < 4.78 is 0. The molecule has 0 aromatic carbocycles. The maximum atomic E-state index is 6.87. The van der Waals surface area contributed by atoms with Gasteiger partial charge in [-0.3, -0.25) is 9.74 Å². The molecule has 0 N–H and O–H groups in total. The number of rotatable bonds is 2. The lowest BCUT2D eigenvalue weighted by Crippen LogP contribution is -2.56. The fourth-order valence-electron chi connectivity index (χ4n) is 2.91. The zero-order valence-corrected chi connectivity index (χ0v) is 9.99. The van der Waals surface area contributed by atoms with Crippen LogP contribution in [0.1, 0.15) is 32.1 Å². The minimum Gasteiger partial charge on any atom is -0.299 e. The van der Waals surface area contributed by atoms with Gasteiger partial charge in [0.05, 0.1) is 0 Å². The summed E-state index contributed by atoms with van der Waals surface area (Å²) in [6.45, 7) is 18.0. The molecule has 2 aliphatic rings. The van der Waals surface area contributed by atoms with Crippen molar-refractivity contribution in [3.63, 3.8) is 0 Å². The standard InChI is InChI=1S/C13H21N3/c1-13(6-4-3-5-7-13)16-10-8-15(9-11-16)12-14-2/h1H,3-12H2. The maximum Gasteiger partial charge on any atom is 0.270 e. The van der Waals surface area contributed by atoms with Crippen LogP contribution in [0, 0.1) is 13.5 Å². The van der Waals surface area contributed by atoms with Crippen LogP contribution in [0.25, 0.3) is 4.85 Å². The fourth-order valence-corrected chi connectivity index (χ4v) is 2.91. The van der Waals surface area contributed by atoms with Gasteiger partial charge in [-0.15, -0.1) is 0 Å². The van der Waals surface area contributed by atoms with E-state index in [1.807, 2.05) is 0 Å². The van der Waals surface area contributed by atoms with Gasteiger partial charge in [0.2, 0.25) is 0 Å².